The van der Waals surface area contributed by atoms with Gasteiger partial charge in [0.15, 0.2) is 11.6 Å². The average molecular weight is 399 g/mol. The number of halogens is 1. The van der Waals surface area contributed by atoms with Gasteiger partial charge in [0.1, 0.15) is 0 Å². The SMILES string of the molecule is COc1ncc(F)c(N2C[C@@H]3C(CCNC(=O)/C=C/c4ccc(=O)[nH]c4)[C@@H]3C2)n1. The van der Waals surface area contributed by atoms with Crippen LogP contribution in [0.2, 0.25) is 0 Å². The standard InChI is InChI=1S/C20H22FN5O3/c1-29-20-24-9-16(21)19(25-20)26-10-14-13(15(14)11-26)6-7-22-17(27)4-2-12-3-5-18(28)23-8-12/h2-5,8-9,13-15H,6-7,10-11H2,1H3,(H,22,27)(H,23,28)/b4-2+/t13?,14-,15+. The highest BCUT2D eigenvalue weighted by Gasteiger charge is 2.55. The molecule has 4 rings (SSSR count). The zero-order valence-electron chi connectivity index (χ0n) is 16.0. The number of aromatic nitrogens is 3. The first-order valence-corrected chi connectivity index (χ1v) is 9.51. The molecule has 8 nitrogen and oxygen atoms in total. The number of amides is 1. The third-order valence-electron chi connectivity index (χ3n) is 5.57. The molecule has 9 heteroatoms. The Hall–Kier alpha value is -3.23. The van der Waals surface area contributed by atoms with Crippen molar-refractivity contribution in [2.45, 2.75) is 6.42 Å². The summed E-state index contributed by atoms with van der Waals surface area (Å²) in [6, 6.07) is 3.22. The van der Waals surface area contributed by atoms with Crippen LogP contribution in [0.15, 0.2) is 35.4 Å². The lowest BCUT2D eigenvalue weighted by Crippen LogP contribution is -2.28. The number of rotatable bonds is 7. The van der Waals surface area contributed by atoms with Crippen LogP contribution in [0.1, 0.15) is 12.0 Å². The molecule has 2 aromatic rings. The van der Waals surface area contributed by atoms with Crippen molar-refractivity contribution in [1.82, 2.24) is 20.3 Å². The lowest BCUT2D eigenvalue weighted by Gasteiger charge is -2.21. The van der Waals surface area contributed by atoms with Crippen LogP contribution in [0, 0.1) is 23.6 Å². The van der Waals surface area contributed by atoms with Gasteiger partial charge in [-0.3, -0.25) is 9.59 Å². The van der Waals surface area contributed by atoms with Crippen molar-refractivity contribution >= 4 is 17.8 Å². The number of carbonyl (C=O) groups is 1. The Morgan fingerprint density at radius 3 is 2.90 bits per heavy atom. The molecule has 1 aliphatic carbocycles. The second kappa shape index (κ2) is 8.02. The Bertz CT molecular complexity index is 960. The summed E-state index contributed by atoms with van der Waals surface area (Å²) in [5.74, 6) is 1.24. The number of hydrogen-bond acceptors (Lipinski definition) is 6. The van der Waals surface area contributed by atoms with Crippen LogP contribution in [-0.4, -0.2) is 47.6 Å². The van der Waals surface area contributed by atoms with Gasteiger partial charge in [0.2, 0.25) is 11.5 Å². The van der Waals surface area contributed by atoms with Gasteiger partial charge in [-0.1, -0.05) is 0 Å². The summed E-state index contributed by atoms with van der Waals surface area (Å²) in [5, 5.41) is 2.88. The molecule has 2 aliphatic rings. The number of carbonyl (C=O) groups excluding carboxylic acids is 1. The summed E-state index contributed by atoms with van der Waals surface area (Å²) in [6.07, 6.45) is 6.70. The number of piperidine rings is 1. The number of nitrogens with zero attached hydrogens (tertiary/aromatic N) is 3. The number of anilines is 1. The molecule has 1 aliphatic heterocycles. The van der Waals surface area contributed by atoms with E-state index in [9.17, 15) is 14.0 Å². The molecule has 0 bridgehead atoms. The highest BCUT2D eigenvalue weighted by atomic mass is 19.1. The van der Waals surface area contributed by atoms with Gasteiger partial charge in [-0.15, -0.1) is 0 Å². The quantitative estimate of drug-likeness (QED) is 0.679. The number of fused-ring (bicyclic) bond motifs is 1. The van der Waals surface area contributed by atoms with E-state index in [0.717, 1.165) is 31.3 Å². The Kier molecular flexibility index (Phi) is 5.28. The smallest absolute Gasteiger partial charge is 0.318 e. The van der Waals surface area contributed by atoms with Crippen molar-refractivity contribution in [2.75, 3.05) is 31.6 Å². The van der Waals surface area contributed by atoms with Crippen molar-refractivity contribution in [3.8, 4) is 6.01 Å². The summed E-state index contributed by atoms with van der Waals surface area (Å²) in [4.78, 5) is 35.3. The largest absolute Gasteiger partial charge is 0.467 e. The van der Waals surface area contributed by atoms with E-state index in [1.54, 1.807) is 18.3 Å². The molecule has 0 aromatic carbocycles. The maximum Gasteiger partial charge on any atom is 0.318 e. The summed E-state index contributed by atoms with van der Waals surface area (Å²) >= 11 is 0. The second-order valence-corrected chi connectivity index (χ2v) is 7.32. The Morgan fingerprint density at radius 2 is 2.21 bits per heavy atom. The molecule has 0 spiro atoms. The van der Waals surface area contributed by atoms with Crippen LogP contribution in [0.5, 0.6) is 6.01 Å². The van der Waals surface area contributed by atoms with Crippen LogP contribution in [0.25, 0.3) is 6.08 Å². The molecule has 1 unspecified atom stereocenters. The molecule has 152 valence electrons. The van der Waals surface area contributed by atoms with Gasteiger partial charge in [-0.25, -0.2) is 9.37 Å². The van der Waals surface area contributed by atoms with E-state index in [4.69, 9.17) is 4.74 Å². The van der Waals surface area contributed by atoms with E-state index >= 15 is 0 Å². The molecular formula is C20H22FN5O3. The number of pyridine rings is 1. The Labute approximate surface area is 166 Å². The topological polar surface area (TPSA) is 100 Å². The third kappa shape index (κ3) is 4.28. The van der Waals surface area contributed by atoms with Crippen molar-refractivity contribution in [1.29, 1.82) is 0 Å². The van der Waals surface area contributed by atoms with Crippen LogP contribution in [0.4, 0.5) is 10.2 Å². The van der Waals surface area contributed by atoms with Gasteiger partial charge in [0.25, 0.3) is 0 Å². The third-order valence-corrected chi connectivity index (χ3v) is 5.57. The molecule has 1 saturated carbocycles. The summed E-state index contributed by atoms with van der Waals surface area (Å²) in [5.41, 5.74) is 0.576. The fourth-order valence-electron chi connectivity index (χ4n) is 4.03. The Balaban J connectivity index is 1.21. The van der Waals surface area contributed by atoms with E-state index in [-0.39, 0.29) is 17.5 Å². The molecule has 2 fully saturated rings. The van der Waals surface area contributed by atoms with Gasteiger partial charge in [-0.2, -0.15) is 4.98 Å². The molecule has 0 radical (unpaired) electrons. The number of ether oxygens (including phenoxy) is 1. The summed E-state index contributed by atoms with van der Waals surface area (Å²) in [7, 11) is 1.46. The van der Waals surface area contributed by atoms with Gasteiger partial charge in [-0.05, 0) is 41.9 Å². The lowest BCUT2D eigenvalue weighted by atomic mass is 10.2. The molecule has 2 aromatic heterocycles. The minimum absolute atomic E-state index is 0.163. The minimum Gasteiger partial charge on any atom is -0.467 e. The van der Waals surface area contributed by atoms with E-state index in [2.05, 4.69) is 20.3 Å². The summed E-state index contributed by atoms with van der Waals surface area (Å²) < 4.78 is 19.0. The maximum absolute atomic E-state index is 14.0. The highest BCUT2D eigenvalue weighted by Crippen LogP contribution is 2.54. The van der Waals surface area contributed by atoms with Crippen molar-refractivity contribution in [3.63, 3.8) is 0 Å². The molecule has 3 heterocycles. The van der Waals surface area contributed by atoms with E-state index in [1.807, 2.05) is 4.90 Å². The first-order valence-electron chi connectivity index (χ1n) is 9.51. The maximum atomic E-state index is 14.0. The van der Waals surface area contributed by atoms with Crippen LogP contribution in [-0.2, 0) is 4.79 Å². The summed E-state index contributed by atoms with van der Waals surface area (Å²) in [6.45, 7) is 2.11. The van der Waals surface area contributed by atoms with Crippen LogP contribution in [0.3, 0.4) is 0 Å². The average Bonchev–Trinajstić information content (AvgIpc) is 3.17. The van der Waals surface area contributed by atoms with E-state index in [0.29, 0.717) is 30.1 Å². The number of methoxy groups -OCH3 is 1. The molecule has 3 atom stereocenters. The molecule has 1 amide bonds. The molecule has 29 heavy (non-hydrogen) atoms. The minimum atomic E-state index is -0.440. The zero-order valence-corrected chi connectivity index (χ0v) is 16.0. The van der Waals surface area contributed by atoms with Crippen LogP contribution < -0.4 is 20.5 Å². The number of aromatic amines is 1. The highest BCUT2D eigenvalue weighted by molar-refractivity contribution is 5.91. The first-order chi connectivity index (χ1) is 14.0. The van der Waals surface area contributed by atoms with Crippen LogP contribution >= 0.6 is 0 Å². The number of H-pyrrole nitrogens is 1. The van der Waals surface area contributed by atoms with Crippen molar-refractivity contribution in [3.05, 3.63) is 52.3 Å². The van der Waals surface area contributed by atoms with Gasteiger partial charge < -0.3 is 19.9 Å². The van der Waals surface area contributed by atoms with E-state index < -0.39 is 5.82 Å². The zero-order chi connectivity index (χ0) is 20.4. The molecule has 1 saturated heterocycles. The normalized spacial score (nSPS) is 22.6. The predicted octanol–water partition coefficient (Wildman–Crippen LogP) is 1.21. The molecule has 2 N–H and O–H groups in total. The number of hydrogen-bond donors (Lipinski definition) is 2. The van der Waals surface area contributed by atoms with Gasteiger partial charge >= 0.3 is 6.01 Å². The predicted molar refractivity (Wildman–Crippen MR) is 105 cm³/mol. The number of nitrogens with one attached hydrogen (secondary N) is 2. The fourth-order valence-corrected chi connectivity index (χ4v) is 4.03. The first kappa shape index (κ1) is 19.1. The Morgan fingerprint density at radius 1 is 1.41 bits per heavy atom. The second-order valence-electron chi connectivity index (χ2n) is 7.32. The van der Waals surface area contributed by atoms with Gasteiger partial charge in [0.05, 0.1) is 13.3 Å². The monoisotopic (exact) mass is 399 g/mol. The van der Waals surface area contributed by atoms with Crippen molar-refractivity contribution in [2.24, 2.45) is 17.8 Å². The molecular weight excluding hydrogens is 377 g/mol. The van der Waals surface area contributed by atoms with Gasteiger partial charge in [0, 0.05) is 38.0 Å². The van der Waals surface area contributed by atoms with E-state index in [1.165, 1.54) is 19.3 Å². The van der Waals surface area contributed by atoms with Crippen molar-refractivity contribution < 1.29 is 13.9 Å². The lowest BCUT2D eigenvalue weighted by molar-refractivity contribution is -0.116. The fraction of sp³-hybridized carbons (Fsp3) is 0.400.